The zero-order chi connectivity index (χ0) is 12.1. The Morgan fingerprint density at radius 2 is 1.60 bits per heavy atom. The number of aliphatic carboxylic acids is 1. The minimum absolute atomic E-state index is 0.311. The van der Waals surface area contributed by atoms with Gasteiger partial charge in [0, 0.05) is 0 Å². The number of hydrogen-bond acceptors (Lipinski definition) is 1. The third-order valence-corrected chi connectivity index (χ3v) is 2.97. The van der Waals surface area contributed by atoms with Gasteiger partial charge >= 0.3 is 5.97 Å². The Kier molecular flexibility index (Phi) is 5.33. The molecule has 0 saturated carbocycles. The maximum absolute atomic E-state index is 11.2. The standard InChI is InChI=1S/C13H26O2/c1-6-8-13(5,11(14)15)10-7-9-12(2,3)4/h6-10H2,1-5H3,(H,14,15). The minimum Gasteiger partial charge on any atom is -0.481 e. The van der Waals surface area contributed by atoms with E-state index >= 15 is 0 Å². The number of hydrogen-bond donors (Lipinski definition) is 1. The summed E-state index contributed by atoms with van der Waals surface area (Å²) in [6, 6.07) is 0. The number of carboxylic acid groups (broad SMARTS) is 1. The van der Waals surface area contributed by atoms with Gasteiger partial charge in [0.1, 0.15) is 0 Å². The smallest absolute Gasteiger partial charge is 0.309 e. The van der Waals surface area contributed by atoms with Crippen LogP contribution in [-0.4, -0.2) is 11.1 Å². The Morgan fingerprint density at radius 3 is 1.93 bits per heavy atom. The van der Waals surface area contributed by atoms with Gasteiger partial charge < -0.3 is 5.11 Å². The van der Waals surface area contributed by atoms with Crippen molar-refractivity contribution >= 4 is 5.97 Å². The van der Waals surface area contributed by atoms with Crippen molar-refractivity contribution in [2.24, 2.45) is 10.8 Å². The van der Waals surface area contributed by atoms with Gasteiger partial charge in [0.15, 0.2) is 0 Å². The fraction of sp³-hybridized carbons (Fsp3) is 0.923. The molecule has 0 aromatic rings. The van der Waals surface area contributed by atoms with E-state index in [1.165, 1.54) is 0 Å². The molecule has 1 atom stereocenters. The Bertz CT molecular complexity index is 203. The Balaban J connectivity index is 4.14. The van der Waals surface area contributed by atoms with E-state index in [2.05, 4.69) is 20.8 Å². The van der Waals surface area contributed by atoms with Crippen LogP contribution >= 0.6 is 0 Å². The molecule has 1 unspecified atom stereocenters. The van der Waals surface area contributed by atoms with Gasteiger partial charge in [0.25, 0.3) is 0 Å². The molecule has 0 aromatic heterocycles. The molecular weight excluding hydrogens is 188 g/mol. The quantitative estimate of drug-likeness (QED) is 0.723. The Morgan fingerprint density at radius 1 is 1.07 bits per heavy atom. The molecule has 0 aliphatic rings. The van der Waals surface area contributed by atoms with Crippen LogP contribution in [0.5, 0.6) is 0 Å². The molecule has 0 aliphatic heterocycles. The zero-order valence-electron chi connectivity index (χ0n) is 10.9. The lowest BCUT2D eigenvalue weighted by Crippen LogP contribution is -2.27. The molecule has 2 heteroatoms. The van der Waals surface area contributed by atoms with Crippen LogP contribution in [0.2, 0.25) is 0 Å². The van der Waals surface area contributed by atoms with Crippen LogP contribution in [-0.2, 0) is 4.79 Å². The van der Waals surface area contributed by atoms with E-state index in [9.17, 15) is 9.90 Å². The van der Waals surface area contributed by atoms with Crippen molar-refractivity contribution in [3.8, 4) is 0 Å². The molecule has 0 spiro atoms. The van der Waals surface area contributed by atoms with E-state index in [1.807, 2.05) is 13.8 Å². The average molecular weight is 214 g/mol. The van der Waals surface area contributed by atoms with Crippen molar-refractivity contribution in [1.82, 2.24) is 0 Å². The second-order valence-electron chi connectivity index (χ2n) is 6.03. The first kappa shape index (κ1) is 14.5. The van der Waals surface area contributed by atoms with Gasteiger partial charge in [-0.05, 0) is 31.6 Å². The summed E-state index contributed by atoms with van der Waals surface area (Å²) in [6.07, 6.45) is 4.63. The highest BCUT2D eigenvalue weighted by atomic mass is 16.4. The summed E-state index contributed by atoms with van der Waals surface area (Å²) >= 11 is 0. The van der Waals surface area contributed by atoms with E-state index < -0.39 is 11.4 Å². The SMILES string of the molecule is CCCC(C)(CCCC(C)(C)C)C(=O)O. The number of carbonyl (C=O) groups is 1. The molecule has 0 radical (unpaired) electrons. The van der Waals surface area contributed by atoms with Crippen molar-refractivity contribution in [3.63, 3.8) is 0 Å². The van der Waals surface area contributed by atoms with Crippen LogP contribution in [0.25, 0.3) is 0 Å². The van der Waals surface area contributed by atoms with E-state index in [-0.39, 0.29) is 0 Å². The lowest BCUT2D eigenvalue weighted by molar-refractivity contribution is -0.149. The largest absolute Gasteiger partial charge is 0.481 e. The average Bonchev–Trinajstić information content (AvgIpc) is 2.01. The maximum Gasteiger partial charge on any atom is 0.309 e. The second kappa shape index (κ2) is 5.53. The molecular formula is C13H26O2. The fourth-order valence-corrected chi connectivity index (χ4v) is 1.90. The highest BCUT2D eigenvalue weighted by Crippen LogP contribution is 2.32. The Hall–Kier alpha value is -0.530. The zero-order valence-corrected chi connectivity index (χ0v) is 10.9. The molecule has 0 fully saturated rings. The van der Waals surface area contributed by atoms with Gasteiger partial charge in [-0.2, -0.15) is 0 Å². The van der Waals surface area contributed by atoms with Gasteiger partial charge in [0.2, 0.25) is 0 Å². The first-order valence-electron chi connectivity index (χ1n) is 5.95. The van der Waals surface area contributed by atoms with E-state index in [1.54, 1.807) is 0 Å². The molecule has 1 N–H and O–H groups in total. The van der Waals surface area contributed by atoms with Gasteiger partial charge in [-0.1, -0.05) is 40.5 Å². The molecule has 0 aromatic carbocycles. The third-order valence-electron chi connectivity index (χ3n) is 2.97. The fourth-order valence-electron chi connectivity index (χ4n) is 1.90. The van der Waals surface area contributed by atoms with E-state index in [0.29, 0.717) is 5.41 Å². The van der Waals surface area contributed by atoms with E-state index in [4.69, 9.17) is 0 Å². The second-order valence-corrected chi connectivity index (χ2v) is 6.03. The van der Waals surface area contributed by atoms with Crippen LogP contribution in [0.1, 0.15) is 66.7 Å². The van der Waals surface area contributed by atoms with Gasteiger partial charge in [-0.3, -0.25) is 4.79 Å². The van der Waals surface area contributed by atoms with Crippen LogP contribution in [0.3, 0.4) is 0 Å². The number of rotatable bonds is 6. The lowest BCUT2D eigenvalue weighted by Gasteiger charge is -2.26. The molecule has 0 rings (SSSR count). The topological polar surface area (TPSA) is 37.3 Å². The lowest BCUT2D eigenvalue weighted by atomic mass is 9.78. The van der Waals surface area contributed by atoms with Gasteiger partial charge in [-0.15, -0.1) is 0 Å². The van der Waals surface area contributed by atoms with Crippen LogP contribution < -0.4 is 0 Å². The predicted molar refractivity (Wildman–Crippen MR) is 64.0 cm³/mol. The highest BCUT2D eigenvalue weighted by Gasteiger charge is 2.31. The molecule has 0 aliphatic carbocycles. The third kappa shape index (κ3) is 5.81. The summed E-state index contributed by atoms with van der Waals surface area (Å²) in [5, 5.41) is 9.19. The first-order chi connectivity index (χ1) is 6.71. The van der Waals surface area contributed by atoms with Crippen molar-refractivity contribution in [3.05, 3.63) is 0 Å². The van der Waals surface area contributed by atoms with Crippen molar-refractivity contribution < 1.29 is 9.90 Å². The van der Waals surface area contributed by atoms with Crippen molar-refractivity contribution in [1.29, 1.82) is 0 Å². The van der Waals surface area contributed by atoms with Crippen LogP contribution in [0.15, 0.2) is 0 Å². The number of carboxylic acids is 1. The molecule has 0 heterocycles. The van der Waals surface area contributed by atoms with Crippen molar-refractivity contribution in [2.75, 3.05) is 0 Å². The summed E-state index contributed by atoms with van der Waals surface area (Å²) in [6.45, 7) is 10.5. The molecule has 2 nitrogen and oxygen atoms in total. The normalized spacial score (nSPS) is 16.1. The summed E-state index contributed by atoms with van der Waals surface area (Å²) in [5.41, 5.74) is -0.203. The predicted octanol–water partition coefficient (Wildman–Crippen LogP) is 4.09. The molecule has 15 heavy (non-hydrogen) atoms. The molecule has 0 bridgehead atoms. The highest BCUT2D eigenvalue weighted by molar-refractivity contribution is 5.73. The molecule has 90 valence electrons. The van der Waals surface area contributed by atoms with Gasteiger partial charge in [-0.25, -0.2) is 0 Å². The molecule has 0 saturated heterocycles. The van der Waals surface area contributed by atoms with Crippen LogP contribution in [0, 0.1) is 10.8 Å². The first-order valence-corrected chi connectivity index (χ1v) is 5.95. The maximum atomic E-state index is 11.2. The minimum atomic E-state index is -0.641. The van der Waals surface area contributed by atoms with Gasteiger partial charge in [0.05, 0.1) is 5.41 Å². The van der Waals surface area contributed by atoms with Crippen LogP contribution in [0.4, 0.5) is 0 Å². The van der Waals surface area contributed by atoms with E-state index in [0.717, 1.165) is 32.1 Å². The van der Waals surface area contributed by atoms with Crippen molar-refractivity contribution in [2.45, 2.75) is 66.7 Å². The summed E-state index contributed by atoms with van der Waals surface area (Å²) in [7, 11) is 0. The summed E-state index contributed by atoms with van der Waals surface area (Å²) in [5.74, 6) is -0.641. The molecule has 0 amide bonds. The Labute approximate surface area is 94.1 Å². The summed E-state index contributed by atoms with van der Waals surface area (Å²) < 4.78 is 0. The monoisotopic (exact) mass is 214 g/mol. The summed E-state index contributed by atoms with van der Waals surface area (Å²) in [4.78, 5) is 11.2.